The highest BCUT2D eigenvalue weighted by Gasteiger charge is 2.12. The van der Waals surface area contributed by atoms with Crippen molar-refractivity contribution in [2.45, 2.75) is 19.5 Å². The average Bonchev–Trinajstić information content (AvgIpc) is 2.74. The highest BCUT2D eigenvalue weighted by molar-refractivity contribution is 9.10. The van der Waals surface area contributed by atoms with Gasteiger partial charge in [0.25, 0.3) is 0 Å². The fourth-order valence-electron chi connectivity index (χ4n) is 1.83. The van der Waals surface area contributed by atoms with Crippen LogP contribution in [0, 0.1) is 0 Å². The fourth-order valence-corrected chi connectivity index (χ4v) is 3.33. The highest BCUT2D eigenvalue weighted by atomic mass is 79.9. The molecule has 0 aromatic carbocycles. The number of hydrogen-bond acceptors (Lipinski definition) is 4. The molecule has 0 fully saturated rings. The van der Waals surface area contributed by atoms with E-state index < -0.39 is 0 Å². The molecule has 96 valence electrons. The van der Waals surface area contributed by atoms with E-state index in [2.05, 4.69) is 37.3 Å². The predicted molar refractivity (Wildman–Crippen MR) is 81.0 cm³/mol. The van der Waals surface area contributed by atoms with Crippen molar-refractivity contribution in [3.8, 4) is 0 Å². The van der Waals surface area contributed by atoms with Gasteiger partial charge in [0.05, 0.1) is 6.54 Å². The zero-order chi connectivity index (χ0) is 13.1. The van der Waals surface area contributed by atoms with Crippen LogP contribution in [-0.4, -0.2) is 12.0 Å². The molecule has 2 N–H and O–H groups in total. The number of nitrogens with two attached hydrogens (primary N) is 1. The lowest BCUT2D eigenvalue weighted by molar-refractivity contribution is 0.790. The van der Waals surface area contributed by atoms with Gasteiger partial charge in [-0.15, -0.1) is 11.3 Å². The summed E-state index contributed by atoms with van der Waals surface area (Å²) in [6, 6.07) is 6.09. The smallest absolute Gasteiger partial charge is 0.133 e. The lowest BCUT2D eigenvalue weighted by Gasteiger charge is -2.21. The normalized spacial score (nSPS) is 12.4. The Labute approximate surface area is 120 Å². The minimum absolute atomic E-state index is 0.00813. The van der Waals surface area contributed by atoms with Gasteiger partial charge in [-0.1, -0.05) is 6.07 Å². The molecule has 1 atom stereocenters. The third-order valence-electron chi connectivity index (χ3n) is 2.68. The summed E-state index contributed by atoms with van der Waals surface area (Å²) in [5.74, 6) is 0.956. The van der Waals surface area contributed by atoms with E-state index in [4.69, 9.17) is 5.73 Å². The van der Waals surface area contributed by atoms with Gasteiger partial charge in [0.15, 0.2) is 0 Å². The zero-order valence-electron chi connectivity index (χ0n) is 10.4. The van der Waals surface area contributed by atoms with Gasteiger partial charge < -0.3 is 10.6 Å². The van der Waals surface area contributed by atoms with Crippen LogP contribution in [0.4, 0.5) is 5.82 Å². The van der Waals surface area contributed by atoms with Gasteiger partial charge in [-0.3, -0.25) is 0 Å². The maximum absolute atomic E-state index is 5.98. The summed E-state index contributed by atoms with van der Waals surface area (Å²) < 4.78 is 1.13. The van der Waals surface area contributed by atoms with Crippen molar-refractivity contribution in [3.05, 3.63) is 44.7 Å². The molecule has 0 bridgehead atoms. The second-order valence-corrected chi connectivity index (χ2v) is 6.20. The number of halogens is 1. The summed E-state index contributed by atoms with van der Waals surface area (Å²) in [6.07, 6.45) is 1.81. The summed E-state index contributed by atoms with van der Waals surface area (Å²) in [5.41, 5.74) is 7.06. The summed E-state index contributed by atoms with van der Waals surface area (Å²) in [4.78, 5) is 7.87. The van der Waals surface area contributed by atoms with Crippen LogP contribution in [-0.2, 0) is 6.54 Å². The number of rotatable bonds is 4. The molecule has 2 rings (SSSR count). The van der Waals surface area contributed by atoms with E-state index in [1.54, 1.807) is 11.3 Å². The standard InChI is InChI=1S/C13H16BrN3S/c1-9(15)12-4-3-5-16-13(12)17(2)7-11-6-10(14)8-18-11/h3-6,8-9H,7,15H2,1-2H3. The molecular weight excluding hydrogens is 310 g/mol. The molecule has 0 saturated carbocycles. The molecule has 3 nitrogen and oxygen atoms in total. The lowest BCUT2D eigenvalue weighted by Crippen LogP contribution is -2.21. The van der Waals surface area contributed by atoms with Crippen molar-refractivity contribution < 1.29 is 0 Å². The zero-order valence-corrected chi connectivity index (χ0v) is 12.8. The van der Waals surface area contributed by atoms with Crippen LogP contribution in [0.2, 0.25) is 0 Å². The minimum atomic E-state index is -0.00813. The predicted octanol–water partition coefficient (Wildman–Crippen LogP) is 3.56. The van der Waals surface area contributed by atoms with Crippen molar-refractivity contribution >= 4 is 33.1 Å². The summed E-state index contributed by atoms with van der Waals surface area (Å²) in [5, 5.41) is 2.09. The molecule has 2 heterocycles. The van der Waals surface area contributed by atoms with Crippen molar-refractivity contribution in [1.29, 1.82) is 0 Å². The number of anilines is 1. The maximum Gasteiger partial charge on any atom is 0.133 e. The molecule has 0 aliphatic heterocycles. The molecule has 5 heteroatoms. The SMILES string of the molecule is CC(N)c1cccnc1N(C)Cc1cc(Br)cs1. The molecule has 0 aliphatic carbocycles. The van der Waals surface area contributed by atoms with Crippen molar-refractivity contribution in [2.75, 3.05) is 11.9 Å². The molecule has 1 unspecified atom stereocenters. The first-order valence-corrected chi connectivity index (χ1v) is 7.39. The molecule has 2 aromatic heterocycles. The summed E-state index contributed by atoms with van der Waals surface area (Å²) >= 11 is 5.21. The first-order chi connectivity index (χ1) is 8.58. The maximum atomic E-state index is 5.98. The second kappa shape index (κ2) is 5.82. The van der Waals surface area contributed by atoms with Crippen LogP contribution in [0.5, 0.6) is 0 Å². The van der Waals surface area contributed by atoms with Crippen LogP contribution in [0.3, 0.4) is 0 Å². The van der Waals surface area contributed by atoms with E-state index in [0.717, 1.165) is 22.4 Å². The van der Waals surface area contributed by atoms with Crippen LogP contribution in [0.25, 0.3) is 0 Å². The highest BCUT2D eigenvalue weighted by Crippen LogP contribution is 2.25. The van der Waals surface area contributed by atoms with E-state index in [1.807, 2.05) is 32.3 Å². The fraction of sp³-hybridized carbons (Fsp3) is 0.308. The first-order valence-electron chi connectivity index (χ1n) is 5.72. The number of hydrogen-bond donors (Lipinski definition) is 1. The Hall–Kier alpha value is -0.910. The Kier molecular flexibility index (Phi) is 4.37. The Bertz CT molecular complexity index is 524. The molecule has 0 aliphatic rings. The number of pyridine rings is 1. The Morgan fingerprint density at radius 1 is 1.56 bits per heavy atom. The van der Waals surface area contributed by atoms with Crippen LogP contribution < -0.4 is 10.6 Å². The number of aromatic nitrogens is 1. The Morgan fingerprint density at radius 3 is 2.94 bits per heavy atom. The number of thiophene rings is 1. The van der Waals surface area contributed by atoms with Crippen LogP contribution >= 0.6 is 27.3 Å². The van der Waals surface area contributed by atoms with Gasteiger partial charge in [-0.25, -0.2) is 4.98 Å². The first kappa shape index (κ1) is 13.5. The van der Waals surface area contributed by atoms with E-state index in [0.29, 0.717) is 0 Å². The minimum Gasteiger partial charge on any atom is -0.354 e. The third-order valence-corrected chi connectivity index (χ3v) is 4.37. The molecule has 0 radical (unpaired) electrons. The van der Waals surface area contributed by atoms with E-state index >= 15 is 0 Å². The molecule has 2 aromatic rings. The van der Waals surface area contributed by atoms with Gasteiger partial charge in [-0.05, 0) is 35.0 Å². The third kappa shape index (κ3) is 3.10. The van der Waals surface area contributed by atoms with E-state index in [1.165, 1.54) is 4.88 Å². The summed E-state index contributed by atoms with van der Waals surface area (Å²) in [6.45, 7) is 2.82. The number of nitrogens with zero attached hydrogens (tertiary/aromatic N) is 2. The topological polar surface area (TPSA) is 42.1 Å². The largest absolute Gasteiger partial charge is 0.354 e. The quantitative estimate of drug-likeness (QED) is 0.934. The van der Waals surface area contributed by atoms with Gasteiger partial charge in [0.1, 0.15) is 5.82 Å². The second-order valence-electron chi connectivity index (χ2n) is 4.29. The monoisotopic (exact) mass is 325 g/mol. The Morgan fingerprint density at radius 2 is 2.33 bits per heavy atom. The molecule has 0 amide bonds. The van der Waals surface area contributed by atoms with Crippen molar-refractivity contribution in [2.24, 2.45) is 5.73 Å². The van der Waals surface area contributed by atoms with Gasteiger partial charge in [-0.2, -0.15) is 0 Å². The lowest BCUT2D eigenvalue weighted by atomic mass is 10.1. The molecule has 0 spiro atoms. The average molecular weight is 326 g/mol. The van der Waals surface area contributed by atoms with Crippen molar-refractivity contribution in [1.82, 2.24) is 4.98 Å². The molecule has 18 heavy (non-hydrogen) atoms. The van der Waals surface area contributed by atoms with E-state index in [9.17, 15) is 0 Å². The summed E-state index contributed by atoms with van der Waals surface area (Å²) in [7, 11) is 2.04. The van der Waals surface area contributed by atoms with Crippen molar-refractivity contribution in [3.63, 3.8) is 0 Å². The molecular formula is C13H16BrN3S. The molecule has 0 saturated heterocycles. The van der Waals surface area contributed by atoms with Crippen LogP contribution in [0.15, 0.2) is 34.2 Å². The Balaban J connectivity index is 2.20. The van der Waals surface area contributed by atoms with Gasteiger partial charge >= 0.3 is 0 Å². The van der Waals surface area contributed by atoms with Crippen LogP contribution in [0.1, 0.15) is 23.4 Å². The van der Waals surface area contributed by atoms with E-state index in [-0.39, 0.29) is 6.04 Å². The van der Waals surface area contributed by atoms with Gasteiger partial charge in [0, 0.05) is 39.6 Å². The van der Waals surface area contributed by atoms with Gasteiger partial charge in [0.2, 0.25) is 0 Å².